The Kier molecular flexibility index (Phi) is 7.55. The number of carbonyl (C=O) groups is 1. The lowest BCUT2D eigenvalue weighted by molar-refractivity contribution is -0.125. The van der Waals surface area contributed by atoms with Crippen molar-refractivity contribution in [1.29, 1.82) is 0 Å². The molecule has 0 radical (unpaired) electrons. The van der Waals surface area contributed by atoms with Gasteiger partial charge in [0.2, 0.25) is 5.91 Å². The maximum atomic E-state index is 13.6. The molecule has 19 heavy (non-hydrogen) atoms. The summed E-state index contributed by atoms with van der Waals surface area (Å²) in [4.78, 5) is 12.2. The Hall–Kier alpha value is -0.650. The molecule has 0 saturated heterocycles. The van der Waals surface area contributed by atoms with E-state index < -0.39 is 11.2 Å². The first-order valence-corrected chi connectivity index (χ1v) is 6.75. The highest BCUT2D eigenvalue weighted by Crippen LogP contribution is 2.28. The summed E-state index contributed by atoms with van der Waals surface area (Å²) in [6.45, 7) is 4.07. The summed E-state index contributed by atoms with van der Waals surface area (Å²) < 4.78 is 14.3. The van der Waals surface area contributed by atoms with Crippen LogP contribution in [0.25, 0.3) is 0 Å². The molecule has 108 valence electrons. The number of rotatable bonds is 5. The third kappa shape index (κ3) is 4.16. The minimum absolute atomic E-state index is 0. The van der Waals surface area contributed by atoms with Crippen LogP contribution >= 0.6 is 28.3 Å². The van der Waals surface area contributed by atoms with Gasteiger partial charge in [-0.2, -0.15) is 0 Å². The molecule has 0 saturated carbocycles. The molecule has 1 amide bonds. The van der Waals surface area contributed by atoms with Crippen molar-refractivity contribution in [3.05, 3.63) is 28.5 Å². The number of carbonyl (C=O) groups excluding carboxylic acids is 1. The topological polar surface area (TPSA) is 55.1 Å². The van der Waals surface area contributed by atoms with E-state index in [9.17, 15) is 9.18 Å². The van der Waals surface area contributed by atoms with Gasteiger partial charge in [0, 0.05) is 11.0 Å². The lowest BCUT2D eigenvalue weighted by atomic mass is 9.81. The molecule has 0 aliphatic carbocycles. The van der Waals surface area contributed by atoms with E-state index in [-0.39, 0.29) is 30.5 Å². The third-order valence-electron chi connectivity index (χ3n) is 3.40. The molecule has 0 aliphatic rings. The smallest absolute Gasteiger partial charge is 0.231 e. The Morgan fingerprint density at radius 2 is 2.00 bits per heavy atom. The largest absolute Gasteiger partial charge is 0.329 e. The van der Waals surface area contributed by atoms with Crippen LogP contribution in [0.2, 0.25) is 0 Å². The average molecular weight is 354 g/mol. The SMILES string of the molecule is CCC(CC)(CN)C(=O)Nc1cc(Br)ccc1F.Cl. The van der Waals surface area contributed by atoms with Crippen molar-refractivity contribution in [2.24, 2.45) is 11.1 Å². The quantitative estimate of drug-likeness (QED) is 0.848. The highest BCUT2D eigenvalue weighted by Gasteiger charge is 2.33. The van der Waals surface area contributed by atoms with Gasteiger partial charge in [0.1, 0.15) is 5.82 Å². The molecule has 0 atom stereocenters. The number of halogens is 3. The first-order valence-electron chi connectivity index (χ1n) is 5.95. The Bertz CT molecular complexity index is 430. The average Bonchev–Trinajstić information content (AvgIpc) is 2.37. The third-order valence-corrected chi connectivity index (χ3v) is 3.90. The van der Waals surface area contributed by atoms with E-state index in [2.05, 4.69) is 21.2 Å². The van der Waals surface area contributed by atoms with E-state index in [0.717, 1.165) is 0 Å². The molecule has 1 aromatic rings. The normalized spacial score (nSPS) is 10.8. The van der Waals surface area contributed by atoms with Crippen molar-refractivity contribution in [2.75, 3.05) is 11.9 Å². The van der Waals surface area contributed by atoms with Crippen molar-refractivity contribution in [2.45, 2.75) is 26.7 Å². The van der Waals surface area contributed by atoms with Crippen LogP contribution in [0.4, 0.5) is 10.1 Å². The molecule has 0 aliphatic heterocycles. The second-order valence-electron chi connectivity index (χ2n) is 4.27. The van der Waals surface area contributed by atoms with Gasteiger partial charge < -0.3 is 11.1 Å². The fourth-order valence-electron chi connectivity index (χ4n) is 1.80. The van der Waals surface area contributed by atoms with Crippen LogP contribution in [0.3, 0.4) is 0 Å². The summed E-state index contributed by atoms with van der Waals surface area (Å²) in [5.74, 6) is -0.684. The van der Waals surface area contributed by atoms with Gasteiger partial charge in [-0.05, 0) is 31.0 Å². The summed E-state index contributed by atoms with van der Waals surface area (Å²) in [5.41, 5.74) is 5.23. The number of anilines is 1. The van der Waals surface area contributed by atoms with Crippen LogP contribution < -0.4 is 11.1 Å². The minimum Gasteiger partial charge on any atom is -0.329 e. The summed E-state index contributed by atoms with van der Waals surface area (Å²) >= 11 is 3.25. The first kappa shape index (κ1) is 18.4. The van der Waals surface area contributed by atoms with Crippen LogP contribution in [-0.2, 0) is 4.79 Å². The van der Waals surface area contributed by atoms with E-state index in [1.165, 1.54) is 6.07 Å². The zero-order valence-electron chi connectivity index (χ0n) is 11.0. The van der Waals surface area contributed by atoms with Crippen molar-refractivity contribution in [3.63, 3.8) is 0 Å². The number of nitrogens with one attached hydrogen (secondary N) is 1. The van der Waals surface area contributed by atoms with Crippen LogP contribution in [0.1, 0.15) is 26.7 Å². The Morgan fingerprint density at radius 1 is 1.42 bits per heavy atom. The molecular weight excluding hydrogens is 335 g/mol. The fourth-order valence-corrected chi connectivity index (χ4v) is 2.16. The molecule has 0 heterocycles. The highest BCUT2D eigenvalue weighted by molar-refractivity contribution is 9.10. The van der Waals surface area contributed by atoms with Crippen LogP contribution in [0.5, 0.6) is 0 Å². The van der Waals surface area contributed by atoms with E-state index in [4.69, 9.17) is 5.73 Å². The zero-order chi connectivity index (χ0) is 13.8. The van der Waals surface area contributed by atoms with E-state index >= 15 is 0 Å². The van der Waals surface area contributed by atoms with Crippen molar-refractivity contribution in [1.82, 2.24) is 0 Å². The second kappa shape index (κ2) is 7.82. The first-order chi connectivity index (χ1) is 8.49. The molecule has 1 aromatic carbocycles. The lowest BCUT2D eigenvalue weighted by Gasteiger charge is -2.28. The minimum atomic E-state index is -0.630. The standard InChI is InChI=1S/C13H18BrFN2O.ClH/c1-3-13(4-2,8-16)12(18)17-11-7-9(14)5-6-10(11)15;/h5-7H,3-4,8,16H2,1-2H3,(H,17,18);1H. The van der Waals surface area contributed by atoms with E-state index in [1.54, 1.807) is 12.1 Å². The summed E-state index contributed by atoms with van der Waals surface area (Å²) in [5, 5.41) is 2.62. The molecule has 0 fully saturated rings. The monoisotopic (exact) mass is 352 g/mol. The number of nitrogens with two attached hydrogens (primary N) is 1. The molecule has 6 heteroatoms. The second-order valence-corrected chi connectivity index (χ2v) is 5.19. The molecule has 3 nitrogen and oxygen atoms in total. The Morgan fingerprint density at radius 3 is 2.47 bits per heavy atom. The maximum Gasteiger partial charge on any atom is 0.231 e. The van der Waals surface area contributed by atoms with Gasteiger partial charge in [-0.25, -0.2) is 4.39 Å². The molecule has 0 unspecified atom stereocenters. The van der Waals surface area contributed by atoms with Gasteiger partial charge in [0.15, 0.2) is 0 Å². The molecular formula is C13H19BrClFN2O. The Labute approximate surface area is 127 Å². The zero-order valence-corrected chi connectivity index (χ0v) is 13.4. The van der Waals surface area contributed by atoms with Crippen LogP contribution in [0, 0.1) is 11.2 Å². The van der Waals surface area contributed by atoms with Crippen molar-refractivity contribution >= 4 is 39.9 Å². The van der Waals surface area contributed by atoms with Gasteiger partial charge in [0.25, 0.3) is 0 Å². The maximum absolute atomic E-state index is 13.6. The van der Waals surface area contributed by atoms with Gasteiger partial charge in [-0.1, -0.05) is 29.8 Å². The summed E-state index contributed by atoms with van der Waals surface area (Å²) in [6, 6.07) is 4.43. The summed E-state index contributed by atoms with van der Waals surface area (Å²) in [7, 11) is 0. The molecule has 0 bridgehead atoms. The summed E-state index contributed by atoms with van der Waals surface area (Å²) in [6.07, 6.45) is 1.25. The molecule has 0 aromatic heterocycles. The predicted molar refractivity (Wildman–Crippen MR) is 82.0 cm³/mol. The molecule has 0 spiro atoms. The van der Waals surface area contributed by atoms with Gasteiger partial charge in [0.05, 0.1) is 11.1 Å². The lowest BCUT2D eigenvalue weighted by Crippen LogP contribution is -2.41. The van der Waals surface area contributed by atoms with Crippen molar-refractivity contribution < 1.29 is 9.18 Å². The fraction of sp³-hybridized carbons (Fsp3) is 0.462. The van der Waals surface area contributed by atoms with Gasteiger partial charge in [-0.3, -0.25) is 4.79 Å². The Balaban J connectivity index is 0.00000324. The van der Waals surface area contributed by atoms with Crippen LogP contribution in [-0.4, -0.2) is 12.5 Å². The molecule has 1 rings (SSSR count). The predicted octanol–water partition coefficient (Wildman–Crippen LogP) is 3.71. The van der Waals surface area contributed by atoms with Crippen molar-refractivity contribution in [3.8, 4) is 0 Å². The number of hydrogen-bond acceptors (Lipinski definition) is 2. The van der Waals surface area contributed by atoms with E-state index in [0.29, 0.717) is 17.3 Å². The van der Waals surface area contributed by atoms with Crippen LogP contribution in [0.15, 0.2) is 22.7 Å². The van der Waals surface area contributed by atoms with E-state index in [1.807, 2.05) is 13.8 Å². The number of amides is 1. The van der Waals surface area contributed by atoms with Gasteiger partial charge >= 0.3 is 0 Å². The number of hydrogen-bond donors (Lipinski definition) is 2. The number of benzene rings is 1. The highest BCUT2D eigenvalue weighted by atomic mass is 79.9. The molecule has 3 N–H and O–H groups in total. The van der Waals surface area contributed by atoms with Gasteiger partial charge in [-0.15, -0.1) is 12.4 Å².